The largest absolute Gasteiger partial charge is 0.488 e. The number of halogens is 1. The van der Waals surface area contributed by atoms with Gasteiger partial charge in [0.25, 0.3) is 11.5 Å². The number of nitrogens with zero attached hydrogens (tertiary/aromatic N) is 3. The van der Waals surface area contributed by atoms with Gasteiger partial charge in [-0.25, -0.2) is 4.39 Å². The Morgan fingerprint density at radius 3 is 2.62 bits per heavy atom. The van der Waals surface area contributed by atoms with E-state index < -0.39 is 33.2 Å². The average Bonchev–Trinajstić information content (AvgIpc) is 3.28. The second kappa shape index (κ2) is 8.17. The predicted octanol–water partition coefficient (Wildman–Crippen LogP) is 1.77. The third-order valence-corrected chi connectivity index (χ3v) is 6.46. The van der Waals surface area contributed by atoms with Gasteiger partial charge in [0.05, 0.1) is 12.1 Å². The van der Waals surface area contributed by atoms with Crippen LogP contribution in [0.4, 0.5) is 10.1 Å². The van der Waals surface area contributed by atoms with E-state index in [0.717, 1.165) is 0 Å². The van der Waals surface area contributed by atoms with Crippen molar-refractivity contribution in [1.82, 2.24) is 4.57 Å². The van der Waals surface area contributed by atoms with E-state index >= 15 is 4.39 Å². The van der Waals surface area contributed by atoms with Gasteiger partial charge in [0.2, 0.25) is 0 Å². The highest BCUT2D eigenvalue weighted by Crippen LogP contribution is 2.45. The molecular formula is C20H22FN3O7S. The number of aryl methyl sites for hydroxylation is 2. The van der Waals surface area contributed by atoms with E-state index in [2.05, 4.69) is 4.40 Å². The van der Waals surface area contributed by atoms with Crippen molar-refractivity contribution in [3.8, 4) is 11.5 Å². The lowest BCUT2D eigenvalue weighted by Gasteiger charge is -2.22. The molecule has 1 amide bonds. The first-order valence-electron chi connectivity index (χ1n) is 9.98. The Kier molecular flexibility index (Phi) is 5.67. The Hall–Kier alpha value is -2.99. The van der Waals surface area contributed by atoms with Crippen LogP contribution in [0.3, 0.4) is 0 Å². The zero-order valence-electron chi connectivity index (χ0n) is 17.8. The Morgan fingerprint density at radius 1 is 1.25 bits per heavy atom. The smallest absolute Gasteiger partial charge is 0.352 e. The number of benzene rings is 1. The molecule has 0 atom stereocenters. The summed E-state index contributed by atoms with van der Waals surface area (Å²) < 4.78 is 61.5. The number of hydrogen-bond acceptors (Lipinski definition) is 7. The number of pyridine rings is 1. The van der Waals surface area contributed by atoms with Gasteiger partial charge in [0, 0.05) is 24.6 Å². The Balaban J connectivity index is 1.97. The van der Waals surface area contributed by atoms with E-state index in [1.165, 1.54) is 17.7 Å². The molecule has 172 valence electrons. The van der Waals surface area contributed by atoms with Crippen molar-refractivity contribution in [2.45, 2.75) is 33.2 Å². The standard InChI is InChI=1S/C20H22FN3O7S/c1-11(2)5-7-30-14-8-13-16(21)18(24-15(25)9-22-32(24,27)28)19(31-10-29-3)12-4-6-23(17(12)13)20(14)26/h8-9,11H,4-7,10H2,1-3H3. The number of carbonyl (C=O) groups is 1. The summed E-state index contributed by atoms with van der Waals surface area (Å²) in [4.78, 5) is 25.2. The number of ether oxygens (including phenoxy) is 3. The van der Waals surface area contributed by atoms with E-state index in [1.54, 1.807) is 0 Å². The molecule has 2 aliphatic heterocycles. The number of hydrogen-bond donors (Lipinski definition) is 0. The molecule has 1 aromatic carbocycles. The quantitative estimate of drug-likeness (QED) is 0.543. The van der Waals surface area contributed by atoms with Crippen LogP contribution in [0.25, 0.3) is 10.9 Å². The molecule has 10 nitrogen and oxygen atoms in total. The molecule has 4 rings (SSSR count). The minimum atomic E-state index is -4.49. The molecule has 0 N–H and O–H groups in total. The molecule has 12 heteroatoms. The lowest BCUT2D eigenvalue weighted by molar-refractivity contribution is -0.110. The fraction of sp³-hybridized carbons (Fsp3) is 0.450. The molecule has 2 aliphatic rings. The molecule has 0 bridgehead atoms. The molecular weight excluding hydrogens is 445 g/mol. The Morgan fingerprint density at radius 2 is 2.00 bits per heavy atom. The topological polar surface area (TPSA) is 117 Å². The van der Waals surface area contributed by atoms with E-state index in [4.69, 9.17) is 14.2 Å². The maximum atomic E-state index is 15.9. The minimum absolute atomic E-state index is 0.0479. The average molecular weight is 467 g/mol. The van der Waals surface area contributed by atoms with Crippen molar-refractivity contribution in [2.24, 2.45) is 10.3 Å². The summed E-state index contributed by atoms with van der Waals surface area (Å²) in [5.41, 5.74) is -0.344. The van der Waals surface area contributed by atoms with Crippen LogP contribution in [0.15, 0.2) is 15.3 Å². The third kappa shape index (κ3) is 3.52. The van der Waals surface area contributed by atoms with Gasteiger partial charge >= 0.3 is 10.2 Å². The number of amides is 1. The van der Waals surface area contributed by atoms with Crippen molar-refractivity contribution >= 4 is 38.9 Å². The monoisotopic (exact) mass is 467 g/mol. The molecule has 0 unspecified atom stereocenters. The van der Waals surface area contributed by atoms with E-state index in [0.29, 0.717) is 24.1 Å². The van der Waals surface area contributed by atoms with Crippen molar-refractivity contribution in [2.75, 3.05) is 24.8 Å². The summed E-state index contributed by atoms with van der Waals surface area (Å²) in [7, 11) is -3.14. The van der Waals surface area contributed by atoms with Gasteiger partial charge in [-0.1, -0.05) is 13.8 Å². The molecule has 2 aromatic rings. The highest BCUT2D eigenvalue weighted by molar-refractivity contribution is 7.93. The molecule has 1 aromatic heterocycles. The van der Waals surface area contributed by atoms with Crippen molar-refractivity contribution < 1.29 is 31.8 Å². The Labute approximate surface area is 183 Å². The molecule has 0 saturated heterocycles. The summed E-state index contributed by atoms with van der Waals surface area (Å²) in [5.74, 6) is -1.96. The molecule has 0 radical (unpaired) electrons. The second-order valence-electron chi connectivity index (χ2n) is 7.84. The van der Waals surface area contributed by atoms with Gasteiger partial charge in [-0.05, 0) is 24.8 Å². The summed E-state index contributed by atoms with van der Waals surface area (Å²) in [5, 5.41) is -0.0497. The molecule has 0 saturated carbocycles. The molecule has 3 heterocycles. The van der Waals surface area contributed by atoms with Crippen LogP contribution in [0.1, 0.15) is 25.8 Å². The Bertz CT molecular complexity index is 1300. The fourth-order valence-electron chi connectivity index (χ4n) is 3.79. The minimum Gasteiger partial charge on any atom is -0.488 e. The zero-order chi connectivity index (χ0) is 23.2. The molecule has 0 aliphatic carbocycles. The lowest BCUT2D eigenvalue weighted by Crippen LogP contribution is -2.32. The van der Waals surface area contributed by atoms with Gasteiger partial charge in [-0.2, -0.15) is 12.7 Å². The summed E-state index contributed by atoms with van der Waals surface area (Å²) in [6.07, 6.45) is 1.55. The molecule has 32 heavy (non-hydrogen) atoms. The van der Waals surface area contributed by atoms with Gasteiger partial charge in [0.1, 0.15) is 11.9 Å². The zero-order valence-corrected chi connectivity index (χ0v) is 18.6. The second-order valence-corrected chi connectivity index (χ2v) is 9.32. The normalized spacial score (nSPS) is 16.5. The van der Waals surface area contributed by atoms with Gasteiger partial charge in [-0.3, -0.25) is 9.59 Å². The maximum Gasteiger partial charge on any atom is 0.352 e. The first-order valence-corrected chi connectivity index (χ1v) is 11.4. The molecule has 0 spiro atoms. The van der Waals surface area contributed by atoms with Crippen molar-refractivity contribution in [1.29, 1.82) is 0 Å². The first kappa shape index (κ1) is 22.2. The fourth-order valence-corrected chi connectivity index (χ4v) is 4.78. The van der Waals surface area contributed by atoms with Crippen LogP contribution in [0.2, 0.25) is 0 Å². The van der Waals surface area contributed by atoms with Crippen molar-refractivity contribution in [3.63, 3.8) is 0 Å². The third-order valence-electron chi connectivity index (χ3n) is 5.27. The summed E-state index contributed by atoms with van der Waals surface area (Å²) in [6, 6.07) is 1.25. The summed E-state index contributed by atoms with van der Waals surface area (Å²) in [6.45, 7) is 4.17. The number of rotatable bonds is 8. The summed E-state index contributed by atoms with van der Waals surface area (Å²) >= 11 is 0. The van der Waals surface area contributed by atoms with Crippen LogP contribution in [-0.2, 0) is 32.7 Å². The van der Waals surface area contributed by atoms with Crippen LogP contribution in [-0.4, -0.2) is 45.6 Å². The van der Waals surface area contributed by atoms with E-state index in [1.807, 2.05) is 13.8 Å². The number of carbonyl (C=O) groups excluding carboxylic acids is 1. The van der Waals surface area contributed by atoms with Crippen LogP contribution in [0, 0.1) is 11.7 Å². The highest BCUT2D eigenvalue weighted by Gasteiger charge is 2.40. The maximum absolute atomic E-state index is 15.9. The van der Waals surface area contributed by atoms with Crippen LogP contribution in [0.5, 0.6) is 11.5 Å². The number of aromatic nitrogens is 1. The SMILES string of the molecule is COCOc1c(N2C(=O)C=NS2(=O)=O)c(F)c2cc(OCCC(C)C)c(=O)n3c2c1CC3. The van der Waals surface area contributed by atoms with Crippen LogP contribution >= 0.6 is 0 Å². The molecule has 0 fully saturated rings. The van der Waals surface area contributed by atoms with Gasteiger partial charge < -0.3 is 18.8 Å². The van der Waals surface area contributed by atoms with Crippen LogP contribution < -0.4 is 19.3 Å². The number of anilines is 1. The predicted molar refractivity (Wildman–Crippen MR) is 114 cm³/mol. The van der Waals surface area contributed by atoms with Crippen molar-refractivity contribution in [3.05, 3.63) is 27.8 Å². The van der Waals surface area contributed by atoms with E-state index in [9.17, 15) is 18.0 Å². The van der Waals surface area contributed by atoms with Gasteiger partial charge in [0.15, 0.2) is 24.1 Å². The first-order chi connectivity index (χ1) is 15.2. The number of methoxy groups -OCH3 is 1. The van der Waals surface area contributed by atoms with Gasteiger partial charge in [-0.15, -0.1) is 4.40 Å². The van der Waals surface area contributed by atoms with E-state index in [-0.39, 0.29) is 53.1 Å². The lowest BCUT2D eigenvalue weighted by atomic mass is 10.1. The highest BCUT2D eigenvalue weighted by atomic mass is 32.2.